The quantitative estimate of drug-likeness (QED) is 0.750. The molecule has 20 heavy (non-hydrogen) atoms. The summed E-state index contributed by atoms with van der Waals surface area (Å²) >= 11 is 0. The first-order chi connectivity index (χ1) is 9.38. The van der Waals surface area contributed by atoms with Crippen LogP contribution >= 0.6 is 0 Å². The molecule has 1 aromatic carbocycles. The predicted molar refractivity (Wildman–Crippen MR) is 66.8 cm³/mol. The molecule has 0 atom stereocenters. The summed E-state index contributed by atoms with van der Waals surface area (Å²) in [6.45, 7) is 0. The molecule has 5 nitrogen and oxygen atoms in total. The number of nitrogens with one attached hydrogen (secondary N) is 1. The average molecular weight is 282 g/mol. The number of nitrogens with zero attached hydrogens (tertiary/aromatic N) is 1. The summed E-state index contributed by atoms with van der Waals surface area (Å²) in [6, 6.07) is 2.31. The van der Waals surface area contributed by atoms with Gasteiger partial charge in [0.2, 0.25) is 0 Å². The molecule has 2 aromatic rings. The molecular weight excluding hydrogens is 273 g/mol. The topological polar surface area (TPSA) is 94.0 Å². The highest BCUT2D eigenvalue weighted by Crippen LogP contribution is 2.23. The normalized spacial score (nSPS) is 10.3. The van der Waals surface area contributed by atoms with Crippen molar-refractivity contribution in [1.29, 1.82) is 0 Å². The lowest BCUT2D eigenvalue weighted by Gasteiger charge is -2.09. The average Bonchev–Trinajstić information content (AvgIpc) is 2.37. The SMILES string of the molecule is NC(=O)c1cc(Nc2cc(F)cc(F)c2F)ncc1N. The Morgan fingerprint density at radius 1 is 1.20 bits per heavy atom. The lowest BCUT2D eigenvalue weighted by atomic mass is 10.2. The van der Waals surface area contributed by atoms with E-state index in [9.17, 15) is 18.0 Å². The van der Waals surface area contributed by atoms with Crippen molar-refractivity contribution in [2.75, 3.05) is 11.1 Å². The van der Waals surface area contributed by atoms with Crippen LogP contribution in [0.5, 0.6) is 0 Å². The molecule has 1 heterocycles. The molecule has 0 saturated carbocycles. The molecule has 0 aliphatic rings. The molecule has 0 saturated heterocycles. The Balaban J connectivity index is 2.40. The van der Waals surface area contributed by atoms with Crippen molar-refractivity contribution in [1.82, 2.24) is 4.98 Å². The van der Waals surface area contributed by atoms with Gasteiger partial charge in [-0.25, -0.2) is 18.2 Å². The van der Waals surface area contributed by atoms with Gasteiger partial charge < -0.3 is 16.8 Å². The van der Waals surface area contributed by atoms with E-state index in [1.807, 2.05) is 0 Å². The number of carbonyl (C=O) groups is 1. The summed E-state index contributed by atoms with van der Waals surface area (Å²) in [5, 5.41) is 2.35. The molecule has 0 bridgehead atoms. The Kier molecular flexibility index (Phi) is 3.47. The van der Waals surface area contributed by atoms with Crippen molar-refractivity contribution in [3.63, 3.8) is 0 Å². The van der Waals surface area contributed by atoms with E-state index in [0.29, 0.717) is 6.07 Å². The third kappa shape index (κ3) is 2.63. The molecule has 0 unspecified atom stereocenters. The summed E-state index contributed by atoms with van der Waals surface area (Å²) in [5.74, 6) is -4.42. The van der Waals surface area contributed by atoms with E-state index < -0.39 is 29.0 Å². The zero-order valence-corrected chi connectivity index (χ0v) is 9.95. The zero-order valence-electron chi connectivity index (χ0n) is 9.95. The first-order valence-electron chi connectivity index (χ1n) is 5.35. The Morgan fingerprint density at radius 3 is 2.55 bits per heavy atom. The summed E-state index contributed by atoms with van der Waals surface area (Å²) < 4.78 is 39.5. The Bertz CT molecular complexity index is 691. The van der Waals surface area contributed by atoms with E-state index in [-0.39, 0.29) is 17.1 Å². The largest absolute Gasteiger partial charge is 0.397 e. The highest BCUT2D eigenvalue weighted by molar-refractivity contribution is 5.98. The van der Waals surface area contributed by atoms with Crippen molar-refractivity contribution < 1.29 is 18.0 Å². The zero-order chi connectivity index (χ0) is 14.9. The number of aromatic nitrogens is 1. The maximum Gasteiger partial charge on any atom is 0.250 e. The highest BCUT2D eigenvalue weighted by Gasteiger charge is 2.13. The summed E-state index contributed by atoms with van der Waals surface area (Å²) in [4.78, 5) is 14.9. The maximum atomic E-state index is 13.5. The number of nitrogens with two attached hydrogens (primary N) is 2. The third-order valence-electron chi connectivity index (χ3n) is 2.46. The number of carbonyl (C=O) groups excluding carboxylic acids is 1. The van der Waals surface area contributed by atoms with Crippen LogP contribution in [-0.2, 0) is 0 Å². The number of rotatable bonds is 3. The smallest absolute Gasteiger partial charge is 0.250 e. The molecule has 1 aromatic heterocycles. The summed E-state index contributed by atoms with van der Waals surface area (Å²) in [5.41, 5.74) is 10.1. The minimum Gasteiger partial charge on any atom is -0.397 e. The minimum atomic E-state index is -1.35. The number of pyridine rings is 1. The van der Waals surface area contributed by atoms with Crippen LogP contribution < -0.4 is 16.8 Å². The minimum absolute atomic E-state index is 0.0306. The first kappa shape index (κ1) is 13.7. The summed E-state index contributed by atoms with van der Waals surface area (Å²) in [6.07, 6.45) is 1.12. The van der Waals surface area contributed by atoms with E-state index in [0.717, 1.165) is 18.3 Å². The van der Waals surface area contributed by atoms with E-state index in [1.165, 1.54) is 0 Å². The second-order valence-corrected chi connectivity index (χ2v) is 3.90. The molecule has 104 valence electrons. The second-order valence-electron chi connectivity index (χ2n) is 3.90. The van der Waals surface area contributed by atoms with E-state index in [1.54, 1.807) is 0 Å². The fourth-order valence-electron chi connectivity index (χ4n) is 1.53. The van der Waals surface area contributed by atoms with Gasteiger partial charge >= 0.3 is 0 Å². The number of anilines is 3. The van der Waals surface area contributed by atoms with Crippen LogP contribution in [0.3, 0.4) is 0 Å². The van der Waals surface area contributed by atoms with Crippen molar-refractivity contribution in [3.05, 3.63) is 47.4 Å². The standard InChI is InChI=1S/C12H9F3N4O/c13-5-1-7(14)11(15)9(2-5)19-10-3-6(12(17)20)8(16)4-18-10/h1-4H,16H2,(H2,17,20)(H,18,19). The molecule has 0 aliphatic heterocycles. The number of halogens is 3. The third-order valence-corrected chi connectivity index (χ3v) is 2.46. The van der Waals surface area contributed by atoms with Crippen molar-refractivity contribution in [3.8, 4) is 0 Å². The van der Waals surface area contributed by atoms with Crippen molar-refractivity contribution in [2.24, 2.45) is 5.73 Å². The second kappa shape index (κ2) is 5.08. The molecule has 0 radical (unpaired) electrons. The molecule has 0 spiro atoms. The van der Waals surface area contributed by atoms with E-state index in [4.69, 9.17) is 11.5 Å². The van der Waals surface area contributed by atoms with Crippen molar-refractivity contribution >= 4 is 23.1 Å². The van der Waals surface area contributed by atoms with Crippen LogP contribution in [0.15, 0.2) is 24.4 Å². The number of nitrogen functional groups attached to an aromatic ring is 1. The number of primary amides is 1. The number of hydrogen-bond donors (Lipinski definition) is 3. The molecule has 1 amide bonds. The van der Waals surface area contributed by atoms with Gasteiger partial charge in [-0.05, 0) is 6.07 Å². The van der Waals surface area contributed by atoms with Crippen LogP contribution in [0.2, 0.25) is 0 Å². The van der Waals surface area contributed by atoms with Gasteiger partial charge in [0.1, 0.15) is 11.6 Å². The van der Waals surface area contributed by atoms with Gasteiger partial charge in [-0.15, -0.1) is 0 Å². The molecule has 8 heteroatoms. The lowest BCUT2D eigenvalue weighted by molar-refractivity contribution is 0.100. The Hall–Kier alpha value is -2.77. The van der Waals surface area contributed by atoms with E-state index in [2.05, 4.69) is 10.3 Å². The molecule has 0 aliphatic carbocycles. The van der Waals surface area contributed by atoms with E-state index >= 15 is 0 Å². The number of hydrogen-bond acceptors (Lipinski definition) is 4. The Labute approximate surface area is 111 Å². The van der Waals surface area contributed by atoms with Crippen molar-refractivity contribution in [2.45, 2.75) is 0 Å². The van der Waals surface area contributed by atoms with Gasteiger partial charge in [-0.2, -0.15) is 0 Å². The van der Waals surface area contributed by atoms with Gasteiger partial charge in [-0.1, -0.05) is 0 Å². The van der Waals surface area contributed by atoms with Crippen LogP contribution in [0.4, 0.5) is 30.4 Å². The number of amides is 1. The lowest BCUT2D eigenvalue weighted by Crippen LogP contribution is -2.14. The molecule has 5 N–H and O–H groups in total. The first-order valence-corrected chi connectivity index (χ1v) is 5.35. The van der Waals surface area contributed by atoms with Crippen LogP contribution in [0, 0.1) is 17.5 Å². The Morgan fingerprint density at radius 2 is 1.90 bits per heavy atom. The van der Waals surface area contributed by atoms with Crippen LogP contribution in [0.1, 0.15) is 10.4 Å². The monoisotopic (exact) mass is 282 g/mol. The predicted octanol–water partition coefficient (Wildman–Crippen LogP) is 1.92. The molecular formula is C12H9F3N4O. The van der Waals surface area contributed by atoms with Gasteiger partial charge in [0.25, 0.3) is 5.91 Å². The number of benzene rings is 1. The summed E-state index contributed by atoms with van der Waals surface area (Å²) in [7, 11) is 0. The van der Waals surface area contributed by atoms with Crippen LogP contribution in [-0.4, -0.2) is 10.9 Å². The van der Waals surface area contributed by atoms with Crippen LogP contribution in [0.25, 0.3) is 0 Å². The molecule has 2 rings (SSSR count). The fourth-order valence-corrected chi connectivity index (χ4v) is 1.53. The highest BCUT2D eigenvalue weighted by atomic mass is 19.2. The van der Waals surface area contributed by atoms with Gasteiger partial charge in [0.05, 0.1) is 23.1 Å². The fraction of sp³-hybridized carbons (Fsp3) is 0. The van der Waals surface area contributed by atoms with Gasteiger partial charge in [0.15, 0.2) is 11.6 Å². The van der Waals surface area contributed by atoms with Gasteiger partial charge in [-0.3, -0.25) is 4.79 Å². The van der Waals surface area contributed by atoms with Gasteiger partial charge in [0, 0.05) is 12.1 Å². The maximum absolute atomic E-state index is 13.5. The molecule has 0 fully saturated rings.